The Morgan fingerprint density at radius 3 is 2.55 bits per heavy atom. The van der Waals surface area contributed by atoms with E-state index in [1.807, 2.05) is 18.5 Å². The molecule has 0 aliphatic carbocycles. The van der Waals surface area contributed by atoms with Crippen molar-refractivity contribution in [1.29, 1.82) is 5.26 Å². The second-order valence-electron chi connectivity index (χ2n) is 6.64. The lowest BCUT2D eigenvalue weighted by molar-refractivity contribution is 0.395. The van der Waals surface area contributed by atoms with Gasteiger partial charge in [0, 0.05) is 24.3 Å². The van der Waals surface area contributed by atoms with Crippen LogP contribution in [0.1, 0.15) is 51.1 Å². The first-order chi connectivity index (χ1) is 9.26. The van der Waals surface area contributed by atoms with Crippen molar-refractivity contribution < 1.29 is 0 Å². The van der Waals surface area contributed by atoms with Crippen LogP contribution in [0.5, 0.6) is 0 Å². The zero-order valence-electron chi connectivity index (χ0n) is 13.7. The number of aromatic nitrogens is 2. The van der Waals surface area contributed by atoms with Gasteiger partial charge < -0.3 is 5.32 Å². The third-order valence-electron chi connectivity index (χ3n) is 3.64. The third-order valence-corrected chi connectivity index (χ3v) is 3.64. The number of hydrogen-bond donors (Lipinski definition) is 1. The normalized spacial score (nSPS) is 11.9. The second kappa shape index (κ2) is 6.90. The maximum absolute atomic E-state index is 9.08. The quantitative estimate of drug-likeness (QED) is 0.832. The summed E-state index contributed by atoms with van der Waals surface area (Å²) in [5, 5.41) is 17.2. The van der Waals surface area contributed by atoms with Crippen LogP contribution in [0.15, 0.2) is 0 Å². The van der Waals surface area contributed by atoms with Crippen molar-refractivity contribution in [2.45, 2.75) is 61.1 Å². The summed E-state index contributed by atoms with van der Waals surface area (Å²) in [7, 11) is 0. The first-order valence-corrected chi connectivity index (χ1v) is 7.41. The molecule has 4 heteroatoms. The molecule has 0 aromatic carbocycles. The highest BCUT2D eigenvalue weighted by Crippen LogP contribution is 2.21. The molecule has 0 unspecified atom stereocenters. The third kappa shape index (κ3) is 4.64. The van der Waals surface area contributed by atoms with Gasteiger partial charge in [0.2, 0.25) is 0 Å². The molecule has 0 saturated carbocycles. The molecule has 1 aromatic heterocycles. The van der Waals surface area contributed by atoms with E-state index in [2.05, 4.69) is 44.2 Å². The Labute approximate surface area is 123 Å². The average Bonchev–Trinajstić information content (AvgIpc) is 2.63. The van der Waals surface area contributed by atoms with Crippen molar-refractivity contribution in [3.63, 3.8) is 0 Å². The summed E-state index contributed by atoms with van der Waals surface area (Å²) in [5.74, 6) is 0.655. The molecule has 1 N–H and O–H groups in total. The van der Waals surface area contributed by atoms with Crippen molar-refractivity contribution in [2.24, 2.45) is 11.3 Å². The highest BCUT2D eigenvalue weighted by molar-refractivity contribution is 5.24. The summed E-state index contributed by atoms with van der Waals surface area (Å²) in [4.78, 5) is 0. The molecule has 0 radical (unpaired) electrons. The smallest absolute Gasteiger partial charge is 0.0684 e. The van der Waals surface area contributed by atoms with E-state index in [4.69, 9.17) is 5.26 Å². The van der Waals surface area contributed by atoms with E-state index in [-0.39, 0.29) is 5.41 Å². The first kappa shape index (κ1) is 16.7. The van der Waals surface area contributed by atoms with Crippen molar-refractivity contribution in [3.8, 4) is 6.07 Å². The van der Waals surface area contributed by atoms with Gasteiger partial charge in [-0.2, -0.15) is 10.4 Å². The molecule has 0 aliphatic heterocycles. The minimum Gasteiger partial charge on any atom is -0.312 e. The number of aryl methyl sites for hydroxylation is 2. The van der Waals surface area contributed by atoms with E-state index in [9.17, 15) is 0 Å². The van der Waals surface area contributed by atoms with E-state index in [1.54, 1.807) is 0 Å². The van der Waals surface area contributed by atoms with Gasteiger partial charge in [0.25, 0.3) is 0 Å². The minimum absolute atomic E-state index is 0.289. The van der Waals surface area contributed by atoms with E-state index < -0.39 is 0 Å². The predicted octanol–water partition coefficient (Wildman–Crippen LogP) is 3.19. The van der Waals surface area contributed by atoms with Crippen LogP contribution in [0.3, 0.4) is 0 Å². The fourth-order valence-electron chi connectivity index (χ4n) is 2.13. The van der Waals surface area contributed by atoms with Crippen LogP contribution < -0.4 is 5.32 Å². The van der Waals surface area contributed by atoms with E-state index in [0.717, 1.165) is 31.7 Å². The van der Waals surface area contributed by atoms with Crippen LogP contribution in [0.25, 0.3) is 0 Å². The highest BCUT2D eigenvalue weighted by Gasteiger charge is 2.18. The fraction of sp³-hybridized carbons (Fsp3) is 0.750. The molecule has 0 amide bonds. The van der Waals surface area contributed by atoms with Crippen molar-refractivity contribution in [3.05, 3.63) is 17.0 Å². The van der Waals surface area contributed by atoms with Crippen LogP contribution in [0.4, 0.5) is 0 Å². The van der Waals surface area contributed by atoms with Crippen molar-refractivity contribution in [2.75, 3.05) is 6.54 Å². The number of nitriles is 1. The van der Waals surface area contributed by atoms with E-state index >= 15 is 0 Å². The summed E-state index contributed by atoms with van der Waals surface area (Å²) >= 11 is 0. The van der Waals surface area contributed by atoms with Gasteiger partial charge in [-0.15, -0.1) is 0 Å². The molecule has 1 rings (SSSR count). The molecule has 0 atom stereocenters. The molecule has 112 valence electrons. The lowest BCUT2D eigenvalue weighted by Crippen LogP contribution is -2.20. The number of nitrogens with zero attached hydrogens (tertiary/aromatic N) is 3. The Bertz CT molecular complexity index is 477. The second-order valence-corrected chi connectivity index (χ2v) is 6.64. The van der Waals surface area contributed by atoms with Crippen molar-refractivity contribution in [1.82, 2.24) is 15.1 Å². The summed E-state index contributed by atoms with van der Waals surface area (Å²) in [6, 6.07) is 2.35. The predicted molar refractivity (Wildman–Crippen MR) is 82.3 cm³/mol. The molecule has 0 saturated heterocycles. The van der Waals surface area contributed by atoms with Gasteiger partial charge >= 0.3 is 0 Å². The molecule has 20 heavy (non-hydrogen) atoms. The number of rotatable bonds is 7. The SMILES string of the molecule is Cc1nn(CCC(C)(C)C#N)c(C)c1CNCC(C)C. The van der Waals surface area contributed by atoms with Gasteiger partial charge in [-0.05, 0) is 46.6 Å². The molecule has 4 nitrogen and oxygen atoms in total. The van der Waals surface area contributed by atoms with Crippen LogP contribution in [0, 0.1) is 36.5 Å². The number of hydrogen-bond acceptors (Lipinski definition) is 3. The fourth-order valence-corrected chi connectivity index (χ4v) is 2.13. The monoisotopic (exact) mass is 276 g/mol. The van der Waals surface area contributed by atoms with Crippen LogP contribution in [-0.2, 0) is 13.1 Å². The van der Waals surface area contributed by atoms with Crippen LogP contribution >= 0.6 is 0 Å². The molecule has 1 aromatic rings. The maximum atomic E-state index is 9.08. The van der Waals surface area contributed by atoms with Gasteiger partial charge in [0.05, 0.1) is 17.2 Å². The Morgan fingerprint density at radius 2 is 2.00 bits per heavy atom. The Kier molecular flexibility index (Phi) is 5.76. The minimum atomic E-state index is -0.289. The van der Waals surface area contributed by atoms with Gasteiger partial charge in [-0.3, -0.25) is 4.68 Å². The Balaban J connectivity index is 2.69. The lowest BCUT2D eigenvalue weighted by atomic mass is 9.91. The maximum Gasteiger partial charge on any atom is 0.0684 e. The summed E-state index contributed by atoms with van der Waals surface area (Å²) < 4.78 is 2.04. The van der Waals surface area contributed by atoms with Gasteiger partial charge in [0.1, 0.15) is 0 Å². The molecule has 0 aliphatic rings. The van der Waals surface area contributed by atoms with Crippen LogP contribution in [0.2, 0.25) is 0 Å². The summed E-state index contributed by atoms with van der Waals surface area (Å²) in [5.41, 5.74) is 3.31. The van der Waals surface area contributed by atoms with E-state index in [0.29, 0.717) is 5.92 Å². The summed E-state index contributed by atoms with van der Waals surface area (Å²) in [6.45, 7) is 15.2. The highest BCUT2D eigenvalue weighted by atomic mass is 15.3. The molecular formula is C16H28N4. The molecule has 1 heterocycles. The molecule has 0 spiro atoms. The Morgan fingerprint density at radius 1 is 1.35 bits per heavy atom. The lowest BCUT2D eigenvalue weighted by Gasteiger charge is -2.15. The zero-order valence-corrected chi connectivity index (χ0v) is 13.7. The van der Waals surface area contributed by atoms with Gasteiger partial charge in [-0.25, -0.2) is 0 Å². The Hall–Kier alpha value is -1.34. The number of nitrogens with one attached hydrogen (secondary N) is 1. The molecular weight excluding hydrogens is 248 g/mol. The average molecular weight is 276 g/mol. The van der Waals surface area contributed by atoms with Gasteiger partial charge in [0.15, 0.2) is 0 Å². The standard InChI is InChI=1S/C16H28N4/c1-12(2)9-18-10-15-13(3)19-20(14(15)4)8-7-16(5,6)11-17/h12,18H,7-10H2,1-6H3. The molecule has 0 bridgehead atoms. The van der Waals surface area contributed by atoms with Crippen molar-refractivity contribution >= 4 is 0 Å². The molecule has 0 fully saturated rings. The van der Waals surface area contributed by atoms with E-state index in [1.165, 1.54) is 11.3 Å². The summed E-state index contributed by atoms with van der Waals surface area (Å²) in [6.07, 6.45) is 0.824. The zero-order chi connectivity index (χ0) is 15.3. The van der Waals surface area contributed by atoms with Gasteiger partial charge in [-0.1, -0.05) is 13.8 Å². The largest absolute Gasteiger partial charge is 0.312 e. The first-order valence-electron chi connectivity index (χ1n) is 7.41. The topological polar surface area (TPSA) is 53.6 Å². The van der Waals surface area contributed by atoms with Crippen LogP contribution in [-0.4, -0.2) is 16.3 Å².